The van der Waals surface area contributed by atoms with Crippen LogP contribution in [0.25, 0.3) is 10.9 Å². The predicted octanol–water partition coefficient (Wildman–Crippen LogP) is 2.38. The van der Waals surface area contributed by atoms with Crippen molar-refractivity contribution in [2.24, 2.45) is 13.0 Å². The van der Waals surface area contributed by atoms with Gasteiger partial charge in [0.15, 0.2) is 5.78 Å². The Kier molecular flexibility index (Phi) is 3.29. The van der Waals surface area contributed by atoms with Crippen LogP contribution in [0.1, 0.15) is 23.7 Å². The zero-order chi connectivity index (χ0) is 12.4. The van der Waals surface area contributed by atoms with Crippen LogP contribution in [0.2, 0.25) is 0 Å². The zero-order valence-corrected chi connectivity index (χ0v) is 10.2. The second kappa shape index (κ2) is 4.72. The minimum absolute atomic E-state index is 0.0341. The molecular formula is C14H17NO2. The van der Waals surface area contributed by atoms with Crippen molar-refractivity contribution >= 4 is 16.7 Å². The van der Waals surface area contributed by atoms with Gasteiger partial charge < -0.3 is 9.67 Å². The van der Waals surface area contributed by atoms with Gasteiger partial charge in [0.25, 0.3) is 0 Å². The summed E-state index contributed by atoms with van der Waals surface area (Å²) in [6, 6.07) is 7.83. The summed E-state index contributed by atoms with van der Waals surface area (Å²) in [5.74, 6) is -0.257. The van der Waals surface area contributed by atoms with Crippen LogP contribution in [0.3, 0.4) is 0 Å². The molecule has 3 heteroatoms. The largest absolute Gasteiger partial charge is 0.396 e. The van der Waals surface area contributed by atoms with E-state index in [0.717, 1.165) is 10.9 Å². The van der Waals surface area contributed by atoms with Crippen LogP contribution in [0.4, 0.5) is 0 Å². The standard InChI is InChI=1S/C14H17NO2/c1-3-10(9-16)14(17)12-8-15(2)13-7-5-4-6-11(12)13/h4-8,10,16H,3,9H2,1-2H3. The van der Waals surface area contributed by atoms with E-state index in [-0.39, 0.29) is 18.3 Å². The van der Waals surface area contributed by atoms with Gasteiger partial charge in [-0.2, -0.15) is 0 Å². The summed E-state index contributed by atoms with van der Waals surface area (Å²) in [5.41, 5.74) is 1.76. The Hall–Kier alpha value is -1.61. The minimum atomic E-state index is -0.291. The number of nitrogens with zero attached hydrogens (tertiary/aromatic N) is 1. The molecule has 2 rings (SSSR count). The Balaban J connectivity index is 2.52. The number of para-hydroxylation sites is 1. The van der Waals surface area contributed by atoms with Gasteiger partial charge in [-0.1, -0.05) is 25.1 Å². The van der Waals surface area contributed by atoms with Gasteiger partial charge in [-0.15, -0.1) is 0 Å². The van der Waals surface area contributed by atoms with E-state index >= 15 is 0 Å². The van der Waals surface area contributed by atoms with E-state index < -0.39 is 0 Å². The minimum Gasteiger partial charge on any atom is -0.396 e. The number of carbonyl (C=O) groups is 1. The first-order valence-corrected chi connectivity index (χ1v) is 5.88. The Morgan fingerprint density at radius 3 is 2.76 bits per heavy atom. The number of aliphatic hydroxyl groups is 1. The number of hydrogen-bond acceptors (Lipinski definition) is 2. The lowest BCUT2D eigenvalue weighted by atomic mass is 9.96. The second-order valence-electron chi connectivity index (χ2n) is 4.32. The Morgan fingerprint density at radius 2 is 2.12 bits per heavy atom. The van der Waals surface area contributed by atoms with Gasteiger partial charge in [-0.05, 0) is 12.5 Å². The summed E-state index contributed by atoms with van der Waals surface area (Å²) >= 11 is 0. The number of hydrogen-bond donors (Lipinski definition) is 1. The third kappa shape index (κ3) is 1.98. The van der Waals surface area contributed by atoms with E-state index in [1.165, 1.54) is 0 Å². The SMILES string of the molecule is CCC(CO)C(=O)c1cn(C)c2ccccc12. The molecule has 1 aromatic carbocycles. The van der Waals surface area contributed by atoms with Crippen LogP contribution < -0.4 is 0 Å². The highest BCUT2D eigenvalue weighted by molar-refractivity contribution is 6.09. The number of Topliss-reactive ketones (excluding diaryl/α,β-unsaturated/α-hetero) is 1. The zero-order valence-electron chi connectivity index (χ0n) is 10.2. The van der Waals surface area contributed by atoms with Crippen LogP contribution in [-0.4, -0.2) is 22.1 Å². The first-order chi connectivity index (χ1) is 8.19. The van der Waals surface area contributed by atoms with Crippen LogP contribution >= 0.6 is 0 Å². The van der Waals surface area contributed by atoms with Gasteiger partial charge in [0.2, 0.25) is 0 Å². The molecule has 1 aromatic heterocycles. The molecule has 0 spiro atoms. The highest BCUT2D eigenvalue weighted by Crippen LogP contribution is 2.23. The molecule has 1 atom stereocenters. The average Bonchev–Trinajstić information content (AvgIpc) is 2.69. The van der Waals surface area contributed by atoms with Crippen molar-refractivity contribution in [3.05, 3.63) is 36.0 Å². The molecule has 0 aliphatic carbocycles. The van der Waals surface area contributed by atoms with Crippen LogP contribution in [0.15, 0.2) is 30.5 Å². The number of aryl methyl sites for hydroxylation is 1. The summed E-state index contributed by atoms with van der Waals surface area (Å²) in [5, 5.41) is 10.2. The lowest BCUT2D eigenvalue weighted by molar-refractivity contribution is 0.0858. The lowest BCUT2D eigenvalue weighted by Crippen LogP contribution is -2.17. The van der Waals surface area contributed by atoms with E-state index in [4.69, 9.17) is 0 Å². The number of carbonyl (C=O) groups excluding carboxylic acids is 1. The second-order valence-corrected chi connectivity index (χ2v) is 4.32. The first-order valence-electron chi connectivity index (χ1n) is 5.88. The number of aliphatic hydroxyl groups excluding tert-OH is 1. The fourth-order valence-corrected chi connectivity index (χ4v) is 2.16. The molecule has 0 amide bonds. The molecule has 1 N–H and O–H groups in total. The van der Waals surface area contributed by atoms with Gasteiger partial charge in [0, 0.05) is 35.6 Å². The lowest BCUT2D eigenvalue weighted by Gasteiger charge is -2.08. The molecule has 1 heterocycles. The Morgan fingerprint density at radius 1 is 1.41 bits per heavy atom. The summed E-state index contributed by atoms with van der Waals surface area (Å²) in [7, 11) is 1.93. The highest BCUT2D eigenvalue weighted by atomic mass is 16.3. The molecule has 2 aromatic rings. The van der Waals surface area contributed by atoms with Crippen molar-refractivity contribution in [1.29, 1.82) is 0 Å². The molecule has 0 fully saturated rings. The van der Waals surface area contributed by atoms with E-state index in [9.17, 15) is 9.90 Å². The van der Waals surface area contributed by atoms with Crippen molar-refractivity contribution in [1.82, 2.24) is 4.57 Å². The van der Waals surface area contributed by atoms with E-state index in [0.29, 0.717) is 12.0 Å². The molecule has 90 valence electrons. The maximum Gasteiger partial charge on any atom is 0.170 e. The maximum atomic E-state index is 12.3. The summed E-state index contributed by atoms with van der Waals surface area (Å²) < 4.78 is 1.95. The third-order valence-corrected chi connectivity index (χ3v) is 3.25. The van der Waals surface area contributed by atoms with Crippen molar-refractivity contribution in [3.63, 3.8) is 0 Å². The Bertz CT molecular complexity index is 538. The third-order valence-electron chi connectivity index (χ3n) is 3.25. The monoisotopic (exact) mass is 231 g/mol. The number of rotatable bonds is 4. The molecule has 0 radical (unpaired) electrons. The van der Waals surface area contributed by atoms with E-state index in [1.807, 2.05) is 49.0 Å². The van der Waals surface area contributed by atoms with Crippen molar-refractivity contribution in [2.75, 3.05) is 6.61 Å². The molecule has 0 bridgehead atoms. The fourth-order valence-electron chi connectivity index (χ4n) is 2.16. The van der Waals surface area contributed by atoms with Gasteiger partial charge in [0.05, 0.1) is 6.61 Å². The molecule has 0 saturated heterocycles. The number of aromatic nitrogens is 1. The quantitative estimate of drug-likeness (QED) is 0.821. The first kappa shape index (κ1) is 11.9. The Labute approximate surface area is 101 Å². The normalized spacial score (nSPS) is 12.9. The fraction of sp³-hybridized carbons (Fsp3) is 0.357. The van der Waals surface area contributed by atoms with Gasteiger partial charge in [-0.3, -0.25) is 4.79 Å². The van der Waals surface area contributed by atoms with Crippen LogP contribution in [-0.2, 0) is 7.05 Å². The van der Waals surface area contributed by atoms with E-state index in [2.05, 4.69) is 0 Å². The number of fused-ring (bicyclic) bond motifs is 1. The van der Waals surface area contributed by atoms with Crippen LogP contribution in [0, 0.1) is 5.92 Å². The summed E-state index contributed by atoms with van der Waals surface area (Å²) in [4.78, 5) is 12.3. The van der Waals surface area contributed by atoms with Crippen molar-refractivity contribution in [2.45, 2.75) is 13.3 Å². The molecule has 0 saturated carbocycles. The predicted molar refractivity (Wildman–Crippen MR) is 68.1 cm³/mol. The maximum absolute atomic E-state index is 12.3. The molecular weight excluding hydrogens is 214 g/mol. The summed E-state index contributed by atoms with van der Waals surface area (Å²) in [6.45, 7) is 1.84. The van der Waals surface area contributed by atoms with Crippen molar-refractivity contribution in [3.8, 4) is 0 Å². The van der Waals surface area contributed by atoms with Gasteiger partial charge in [-0.25, -0.2) is 0 Å². The summed E-state index contributed by atoms with van der Waals surface area (Å²) in [6.07, 6.45) is 2.52. The van der Waals surface area contributed by atoms with Crippen LogP contribution in [0.5, 0.6) is 0 Å². The molecule has 3 nitrogen and oxygen atoms in total. The van der Waals surface area contributed by atoms with Gasteiger partial charge >= 0.3 is 0 Å². The molecule has 1 unspecified atom stereocenters. The van der Waals surface area contributed by atoms with Crippen molar-refractivity contribution < 1.29 is 9.90 Å². The van der Waals surface area contributed by atoms with Gasteiger partial charge in [0.1, 0.15) is 0 Å². The topological polar surface area (TPSA) is 42.2 Å². The molecule has 0 aliphatic rings. The number of benzene rings is 1. The number of ketones is 1. The molecule has 0 aliphatic heterocycles. The highest BCUT2D eigenvalue weighted by Gasteiger charge is 2.20. The molecule has 17 heavy (non-hydrogen) atoms. The van der Waals surface area contributed by atoms with E-state index in [1.54, 1.807) is 0 Å². The average molecular weight is 231 g/mol. The smallest absolute Gasteiger partial charge is 0.170 e.